The maximum Gasteiger partial charge on any atom is 0.251 e. The van der Waals surface area contributed by atoms with E-state index < -0.39 is 11.7 Å². The van der Waals surface area contributed by atoms with E-state index in [-0.39, 0.29) is 46.1 Å². The molecule has 11 heteroatoms. The smallest absolute Gasteiger partial charge is 0.251 e. The maximum absolute atomic E-state index is 15.4. The van der Waals surface area contributed by atoms with E-state index in [1.807, 2.05) is 6.07 Å². The summed E-state index contributed by atoms with van der Waals surface area (Å²) in [5.41, 5.74) is 2.04. The van der Waals surface area contributed by atoms with E-state index in [4.69, 9.17) is 21.6 Å². The molecule has 41 heavy (non-hydrogen) atoms. The van der Waals surface area contributed by atoms with E-state index in [2.05, 4.69) is 31.5 Å². The van der Waals surface area contributed by atoms with Crippen LogP contribution in [0.5, 0.6) is 11.5 Å². The number of likely N-dealkylation sites (tertiary alicyclic amines) is 1. The highest BCUT2D eigenvalue weighted by Crippen LogP contribution is 2.35. The molecule has 2 amide bonds. The molecule has 1 aliphatic heterocycles. The lowest BCUT2D eigenvalue weighted by molar-refractivity contribution is -0.115. The number of benzene rings is 3. The van der Waals surface area contributed by atoms with Gasteiger partial charge in [-0.2, -0.15) is 5.26 Å². The third-order valence-electron chi connectivity index (χ3n) is 6.73. The molecule has 8 nitrogen and oxygen atoms in total. The highest BCUT2D eigenvalue weighted by molar-refractivity contribution is 9.10. The van der Waals surface area contributed by atoms with Crippen molar-refractivity contribution in [3.63, 3.8) is 0 Å². The highest BCUT2D eigenvalue weighted by Gasteiger charge is 2.19. The van der Waals surface area contributed by atoms with Crippen molar-refractivity contribution in [3.05, 3.63) is 86.1 Å². The molecule has 0 radical (unpaired) electrons. The third-order valence-corrected chi connectivity index (χ3v) is 7.58. The number of amides is 2. The van der Waals surface area contributed by atoms with Crippen molar-refractivity contribution in [2.24, 2.45) is 0 Å². The molecule has 1 heterocycles. The van der Waals surface area contributed by atoms with Gasteiger partial charge in [-0.15, -0.1) is 0 Å². The molecule has 214 valence electrons. The molecule has 0 saturated carbocycles. The van der Waals surface area contributed by atoms with Crippen LogP contribution in [-0.2, 0) is 11.2 Å². The lowest BCUT2D eigenvalue weighted by atomic mass is 10.1. The number of carbonyl (C=O) groups excluding carboxylic acids is 2. The van der Waals surface area contributed by atoms with Crippen molar-refractivity contribution in [1.29, 1.82) is 5.26 Å². The molecule has 3 aromatic carbocycles. The first kappa shape index (κ1) is 30.5. The summed E-state index contributed by atoms with van der Waals surface area (Å²) in [5.74, 6) is -1.34. The number of ether oxygens (including phenoxy) is 1. The molecule has 3 aromatic rings. The molecule has 4 rings (SSSR count). The van der Waals surface area contributed by atoms with Crippen LogP contribution in [0.3, 0.4) is 0 Å². The van der Waals surface area contributed by atoms with E-state index in [0.29, 0.717) is 34.4 Å². The van der Waals surface area contributed by atoms with Crippen LogP contribution < -0.4 is 15.4 Å². The summed E-state index contributed by atoms with van der Waals surface area (Å²) >= 11 is 9.30. The number of anilines is 1. The minimum absolute atomic E-state index is 0.111. The van der Waals surface area contributed by atoms with Gasteiger partial charge in [-0.05, 0) is 83.7 Å². The normalized spacial score (nSPS) is 13.9. The molecule has 0 atom stereocenters. The Morgan fingerprint density at radius 3 is 2.66 bits per heavy atom. The molecule has 0 aromatic heterocycles. The van der Waals surface area contributed by atoms with E-state index in [1.165, 1.54) is 24.3 Å². The quantitative estimate of drug-likeness (QED) is 0.281. The molecule has 0 unspecified atom stereocenters. The first-order valence-corrected chi connectivity index (χ1v) is 14.2. The molecular weight excluding hydrogens is 615 g/mol. The second-order valence-corrected chi connectivity index (χ2v) is 11.1. The standard InChI is InChI=1S/C30H29BrClFN4O4/c1-18-12-21(30(40)35-8-11-37-9-6-23(38)7-10-37)3-5-26(18)36-27(39)15-20-2-4-25(31)29(28(20)33)41-24-14-19(17-34)13-22(32)16-24/h2-5,12-14,16,23,38H,6-11,15H2,1H3,(H,35,40)(H,36,39). The number of nitrogens with one attached hydrogen (secondary N) is 2. The van der Waals surface area contributed by atoms with Gasteiger partial charge in [0.2, 0.25) is 5.91 Å². The lowest BCUT2D eigenvalue weighted by Gasteiger charge is -2.29. The van der Waals surface area contributed by atoms with Gasteiger partial charge in [0, 0.05) is 48.0 Å². The van der Waals surface area contributed by atoms with Crippen LogP contribution in [-0.4, -0.2) is 54.1 Å². The van der Waals surface area contributed by atoms with Crippen molar-refractivity contribution in [2.45, 2.75) is 32.3 Å². The van der Waals surface area contributed by atoms with Crippen LogP contribution in [0.15, 0.2) is 53.0 Å². The predicted octanol–water partition coefficient (Wildman–Crippen LogP) is 5.58. The second kappa shape index (κ2) is 13.9. The molecule has 1 saturated heterocycles. The van der Waals surface area contributed by atoms with Crippen molar-refractivity contribution in [2.75, 3.05) is 31.5 Å². The maximum atomic E-state index is 15.4. The van der Waals surface area contributed by atoms with Crippen LogP contribution in [0.2, 0.25) is 5.02 Å². The van der Waals surface area contributed by atoms with E-state index in [9.17, 15) is 14.7 Å². The summed E-state index contributed by atoms with van der Waals surface area (Å²) in [6.45, 7) is 4.61. The van der Waals surface area contributed by atoms with Gasteiger partial charge in [-0.25, -0.2) is 4.39 Å². The SMILES string of the molecule is Cc1cc(C(=O)NCCN2CCC(O)CC2)ccc1NC(=O)Cc1ccc(Br)c(Oc2cc(Cl)cc(C#N)c2)c1F. The second-order valence-electron chi connectivity index (χ2n) is 9.82. The number of hydrogen-bond donors (Lipinski definition) is 3. The molecule has 0 aliphatic carbocycles. The minimum Gasteiger partial charge on any atom is -0.453 e. The van der Waals surface area contributed by atoms with Gasteiger partial charge in [0.05, 0.1) is 28.6 Å². The Labute approximate surface area is 251 Å². The van der Waals surface area contributed by atoms with Gasteiger partial charge in [-0.1, -0.05) is 17.7 Å². The van der Waals surface area contributed by atoms with Gasteiger partial charge in [0.25, 0.3) is 5.91 Å². The van der Waals surface area contributed by atoms with Crippen LogP contribution in [0.25, 0.3) is 0 Å². The first-order valence-electron chi connectivity index (χ1n) is 13.1. The van der Waals surface area contributed by atoms with Crippen LogP contribution in [0, 0.1) is 24.1 Å². The number of hydrogen-bond acceptors (Lipinski definition) is 6. The number of carbonyl (C=O) groups is 2. The Morgan fingerprint density at radius 1 is 1.20 bits per heavy atom. The summed E-state index contributed by atoms with van der Waals surface area (Å²) in [4.78, 5) is 27.6. The number of nitriles is 1. The fourth-order valence-electron chi connectivity index (χ4n) is 4.49. The molecule has 1 aliphatic rings. The summed E-state index contributed by atoms with van der Waals surface area (Å²) < 4.78 is 21.4. The number of aryl methyl sites for hydroxylation is 1. The van der Waals surface area contributed by atoms with Crippen LogP contribution in [0.1, 0.15) is 39.9 Å². The van der Waals surface area contributed by atoms with Crippen molar-refractivity contribution in [3.8, 4) is 17.6 Å². The fraction of sp³-hybridized carbons (Fsp3) is 0.300. The topological polar surface area (TPSA) is 115 Å². The highest BCUT2D eigenvalue weighted by atomic mass is 79.9. The first-order chi connectivity index (χ1) is 19.6. The van der Waals surface area contributed by atoms with Crippen molar-refractivity contribution in [1.82, 2.24) is 10.2 Å². The fourth-order valence-corrected chi connectivity index (χ4v) is 5.10. The van der Waals surface area contributed by atoms with Gasteiger partial charge >= 0.3 is 0 Å². The van der Waals surface area contributed by atoms with Crippen LogP contribution >= 0.6 is 27.5 Å². The Balaban J connectivity index is 1.36. The predicted molar refractivity (Wildman–Crippen MR) is 158 cm³/mol. The number of halogens is 3. The molecule has 0 bridgehead atoms. The van der Waals surface area contributed by atoms with E-state index in [0.717, 1.165) is 25.9 Å². The number of aliphatic hydroxyl groups excluding tert-OH is 1. The number of nitrogens with zero attached hydrogens (tertiary/aromatic N) is 2. The van der Waals surface area contributed by atoms with Crippen LogP contribution in [0.4, 0.5) is 10.1 Å². The lowest BCUT2D eigenvalue weighted by Crippen LogP contribution is -2.40. The number of piperidine rings is 1. The zero-order valence-electron chi connectivity index (χ0n) is 22.3. The zero-order valence-corrected chi connectivity index (χ0v) is 24.7. The van der Waals surface area contributed by atoms with Gasteiger partial charge in [0.1, 0.15) is 5.75 Å². The summed E-state index contributed by atoms with van der Waals surface area (Å²) in [6.07, 6.45) is 1.000. The Hall–Kier alpha value is -3.49. The number of rotatable bonds is 9. The van der Waals surface area contributed by atoms with Crippen molar-refractivity contribution >= 4 is 45.0 Å². The monoisotopic (exact) mass is 642 g/mol. The molecular formula is C30H29BrClFN4O4. The largest absolute Gasteiger partial charge is 0.453 e. The van der Waals surface area contributed by atoms with E-state index >= 15 is 4.39 Å². The number of aliphatic hydroxyl groups is 1. The van der Waals surface area contributed by atoms with E-state index in [1.54, 1.807) is 31.2 Å². The average Bonchev–Trinajstić information content (AvgIpc) is 2.94. The summed E-state index contributed by atoms with van der Waals surface area (Å²) in [7, 11) is 0. The molecule has 1 fully saturated rings. The Kier molecular flexibility index (Phi) is 10.3. The summed E-state index contributed by atoms with van der Waals surface area (Å²) in [5, 5.41) is 24.7. The Morgan fingerprint density at radius 2 is 1.95 bits per heavy atom. The van der Waals surface area contributed by atoms with Crippen molar-refractivity contribution < 1.29 is 23.8 Å². The zero-order chi connectivity index (χ0) is 29.5. The van der Waals surface area contributed by atoms with Gasteiger partial charge in [-0.3, -0.25) is 9.59 Å². The summed E-state index contributed by atoms with van der Waals surface area (Å²) in [6, 6.07) is 14.3. The molecule has 3 N–H and O–H groups in total. The third kappa shape index (κ3) is 8.27. The van der Waals surface area contributed by atoms with Gasteiger partial charge < -0.3 is 25.4 Å². The van der Waals surface area contributed by atoms with Gasteiger partial charge in [0.15, 0.2) is 11.6 Å². The average molecular weight is 644 g/mol. The minimum atomic E-state index is -0.725. The molecule has 0 spiro atoms. The Bertz CT molecular complexity index is 1490.